The number of aromatic nitrogens is 3. The summed E-state index contributed by atoms with van der Waals surface area (Å²) in [4.78, 5) is 15.7. The zero-order chi connectivity index (χ0) is 31.0. The fraction of sp³-hybridized carbons (Fsp3) is 0.464. The zero-order valence-electron chi connectivity index (χ0n) is 22.8. The van der Waals surface area contributed by atoms with Crippen molar-refractivity contribution in [1.29, 1.82) is 0 Å². The fourth-order valence-corrected chi connectivity index (χ4v) is 6.13. The maximum Gasteiger partial charge on any atom is 0.259 e. The number of anilines is 1. The number of ether oxygens (including phenoxy) is 2. The van der Waals surface area contributed by atoms with Crippen LogP contribution in [0.25, 0.3) is 11.3 Å². The summed E-state index contributed by atoms with van der Waals surface area (Å²) in [6.45, 7) is -0.706. The van der Waals surface area contributed by atoms with Gasteiger partial charge in [0, 0.05) is 18.4 Å². The number of hydrogen-bond acceptors (Lipinski definition) is 8. The summed E-state index contributed by atoms with van der Waals surface area (Å²) in [6.07, 6.45) is -2.84. The second-order valence-electron chi connectivity index (χ2n) is 10.5. The first-order valence-electron chi connectivity index (χ1n) is 13.6. The molecule has 10 nitrogen and oxygen atoms in total. The van der Waals surface area contributed by atoms with Gasteiger partial charge in [0.25, 0.3) is 5.91 Å². The highest BCUT2D eigenvalue weighted by atomic mass is 79.9. The van der Waals surface area contributed by atoms with Crippen LogP contribution in [0.1, 0.15) is 31.7 Å². The van der Waals surface area contributed by atoms with E-state index in [4.69, 9.17) is 9.47 Å². The number of carbonyl (C=O) groups is 1. The molecule has 0 unspecified atom stereocenters. The van der Waals surface area contributed by atoms with Gasteiger partial charge < -0.3 is 29.7 Å². The molecule has 0 bridgehead atoms. The molecule has 1 aliphatic carbocycles. The van der Waals surface area contributed by atoms with Crippen LogP contribution < -0.4 is 4.90 Å². The molecule has 2 fully saturated rings. The maximum atomic E-state index is 14.4. The molecule has 1 aromatic heterocycles. The molecule has 2 heterocycles. The van der Waals surface area contributed by atoms with Gasteiger partial charge >= 0.3 is 0 Å². The van der Waals surface area contributed by atoms with Gasteiger partial charge in [0.05, 0.1) is 29.4 Å². The second kappa shape index (κ2) is 13.0. The standard InChI is InChI=1S/C28H29BrF4N4O6/c1-42-26-24(36-11-19(34-35-36)13-8-17(31)23(33)18(32)9-13)25(40)22(12-38)43-27(26)28(41)37(20-4-2-3-5-21(20)39)14-6-7-16(30)15(29)10-14/h6-11,20-22,24-27,38-40H,2-5,12H2,1H3/t20-,21-,22+,24-,25-,26+,27+/m0/s1. The number of carbonyl (C=O) groups excluding carboxylic acids is 1. The number of aliphatic hydroxyl groups is 3. The molecule has 1 aliphatic heterocycles. The van der Waals surface area contributed by atoms with Gasteiger partial charge in [-0.2, -0.15) is 0 Å². The largest absolute Gasteiger partial charge is 0.394 e. The van der Waals surface area contributed by atoms with E-state index in [0.29, 0.717) is 12.8 Å². The van der Waals surface area contributed by atoms with E-state index in [1.807, 2.05) is 0 Å². The Kier molecular flexibility index (Phi) is 9.49. The molecule has 232 valence electrons. The zero-order valence-corrected chi connectivity index (χ0v) is 24.4. The lowest BCUT2D eigenvalue weighted by Gasteiger charge is -2.46. The van der Waals surface area contributed by atoms with Crippen molar-refractivity contribution in [2.24, 2.45) is 0 Å². The average molecular weight is 673 g/mol. The Hall–Kier alpha value is -2.95. The number of amides is 1. The van der Waals surface area contributed by atoms with E-state index in [1.165, 1.54) is 36.4 Å². The molecule has 0 radical (unpaired) electrons. The van der Waals surface area contributed by atoms with E-state index in [1.54, 1.807) is 0 Å². The summed E-state index contributed by atoms with van der Waals surface area (Å²) < 4.78 is 68.2. The number of rotatable bonds is 7. The van der Waals surface area contributed by atoms with Gasteiger partial charge in [-0.15, -0.1) is 5.10 Å². The number of benzene rings is 2. The third kappa shape index (κ3) is 6.06. The van der Waals surface area contributed by atoms with Crippen LogP contribution in [0.15, 0.2) is 41.0 Å². The van der Waals surface area contributed by atoms with E-state index in [2.05, 4.69) is 26.2 Å². The minimum Gasteiger partial charge on any atom is -0.394 e. The summed E-state index contributed by atoms with van der Waals surface area (Å²) in [5.74, 6) is -5.77. The van der Waals surface area contributed by atoms with Gasteiger partial charge in [0.2, 0.25) is 0 Å². The summed E-state index contributed by atoms with van der Waals surface area (Å²) in [7, 11) is 1.27. The Morgan fingerprint density at radius 2 is 1.81 bits per heavy atom. The Balaban J connectivity index is 1.54. The van der Waals surface area contributed by atoms with Crippen molar-refractivity contribution >= 4 is 27.5 Å². The van der Waals surface area contributed by atoms with E-state index >= 15 is 0 Å². The van der Waals surface area contributed by atoms with Crippen LogP contribution in [0.5, 0.6) is 0 Å². The molecule has 1 saturated heterocycles. The third-order valence-electron chi connectivity index (χ3n) is 7.92. The Bertz CT molecular complexity index is 1460. The number of halogens is 5. The lowest BCUT2D eigenvalue weighted by Crippen LogP contribution is -2.63. The van der Waals surface area contributed by atoms with E-state index in [-0.39, 0.29) is 21.4 Å². The second-order valence-corrected chi connectivity index (χ2v) is 11.4. The van der Waals surface area contributed by atoms with Crippen LogP contribution in [0.2, 0.25) is 0 Å². The summed E-state index contributed by atoms with van der Waals surface area (Å²) in [5.41, 5.74) is 0.0658. The summed E-state index contributed by atoms with van der Waals surface area (Å²) in [5, 5.41) is 40.0. The van der Waals surface area contributed by atoms with Crippen molar-refractivity contribution in [2.75, 3.05) is 18.6 Å². The Morgan fingerprint density at radius 3 is 2.44 bits per heavy atom. The van der Waals surface area contributed by atoms with Gasteiger partial charge in [-0.25, -0.2) is 22.2 Å². The predicted molar refractivity (Wildman–Crippen MR) is 147 cm³/mol. The lowest BCUT2D eigenvalue weighted by molar-refractivity contribution is -0.211. The molecular formula is C28H29BrF4N4O6. The lowest BCUT2D eigenvalue weighted by atomic mass is 9.88. The minimum absolute atomic E-state index is 0.0714. The molecule has 43 heavy (non-hydrogen) atoms. The average Bonchev–Trinajstić information content (AvgIpc) is 3.48. The van der Waals surface area contributed by atoms with E-state index in [0.717, 1.165) is 29.7 Å². The van der Waals surface area contributed by atoms with Gasteiger partial charge in [0.1, 0.15) is 35.9 Å². The van der Waals surface area contributed by atoms with Gasteiger partial charge in [-0.05, 0) is 59.1 Å². The first-order valence-corrected chi connectivity index (χ1v) is 14.3. The number of hydrogen-bond donors (Lipinski definition) is 3. The number of methoxy groups -OCH3 is 1. The molecule has 3 aromatic rings. The van der Waals surface area contributed by atoms with Crippen LogP contribution in [0.3, 0.4) is 0 Å². The summed E-state index contributed by atoms with van der Waals surface area (Å²) in [6, 6.07) is 3.53. The molecule has 5 rings (SSSR count). The molecule has 15 heteroatoms. The number of nitrogens with zero attached hydrogens (tertiary/aromatic N) is 4. The first kappa shape index (κ1) is 31.5. The van der Waals surface area contributed by atoms with E-state index < -0.39 is 78.4 Å². The molecular weight excluding hydrogens is 644 g/mol. The number of aliphatic hydroxyl groups excluding tert-OH is 3. The SMILES string of the molecule is CO[C@@H]1[C@@H](n2cc(-c3cc(F)c(F)c(F)c3)nn2)[C@@H](O)[C@@H](CO)O[C@H]1C(=O)N(c1ccc(F)c(Br)c1)[C@H]1CCCC[C@@H]1O. The minimum atomic E-state index is -1.65. The monoisotopic (exact) mass is 672 g/mol. The van der Waals surface area contributed by atoms with Crippen LogP contribution in [-0.4, -0.2) is 86.5 Å². The van der Waals surface area contributed by atoms with Crippen molar-refractivity contribution < 1.29 is 47.1 Å². The first-order chi connectivity index (χ1) is 20.5. The molecule has 3 N–H and O–H groups in total. The van der Waals surface area contributed by atoms with Crippen LogP contribution >= 0.6 is 15.9 Å². The third-order valence-corrected chi connectivity index (χ3v) is 8.53. The normalized spacial score (nSPS) is 27.7. The molecule has 2 aromatic carbocycles. The van der Waals surface area contributed by atoms with Crippen molar-refractivity contribution in [1.82, 2.24) is 15.0 Å². The predicted octanol–water partition coefficient (Wildman–Crippen LogP) is 3.28. The van der Waals surface area contributed by atoms with Crippen molar-refractivity contribution in [3.63, 3.8) is 0 Å². The molecule has 7 atom stereocenters. The highest BCUT2D eigenvalue weighted by Crippen LogP contribution is 2.37. The van der Waals surface area contributed by atoms with Crippen LogP contribution in [0, 0.1) is 23.3 Å². The smallest absolute Gasteiger partial charge is 0.259 e. The summed E-state index contributed by atoms with van der Waals surface area (Å²) >= 11 is 3.14. The highest BCUT2D eigenvalue weighted by Gasteiger charge is 2.52. The maximum absolute atomic E-state index is 14.4. The highest BCUT2D eigenvalue weighted by molar-refractivity contribution is 9.10. The Labute approximate surface area is 251 Å². The van der Waals surface area contributed by atoms with Gasteiger partial charge in [-0.3, -0.25) is 4.79 Å². The molecule has 1 amide bonds. The topological polar surface area (TPSA) is 130 Å². The quantitative estimate of drug-likeness (QED) is 0.258. The molecule has 0 spiro atoms. The molecule has 1 saturated carbocycles. The van der Waals surface area contributed by atoms with Crippen molar-refractivity contribution in [3.05, 3.63) is 64.3 Å². The van der Waals surface area contributed by atoms with E-state index in [9.17, 15) is 37.7 Å². The van der Waals surface area contributed by atoms with Crippen LogP contribution in [-0.2, 0) is 14.3 Å². The fourth-order valence-electron chi connectivity index (χ4n) is 5.76. The molecule has 2 aliphatic rings. The van der Waals surface area contributed by atoms with Crippen molar-refractivity contribution in [3.8, 4) is 11.3 Å². The Morgan fingerprint density at radius 1 is 1.12 bits per heavy atom. The van der Waals surface area contributed by atoms with Gasteiger partial charge in [0.15, 0.2) is 23.6 Å². The van der Waals surface area contributed by atoms with Crippen molar-refractivity contribution in [2.45, 2.75) is 68.3 Å². The van der Waals surface area contributed by atoms with Crippen LogP contribution in [0.4, 0.5) is 23.2 Å². The van der Waals surface area contributed by atoms with Gasteiger partial charge in [-0.1, -0.05) is 18.1 Å².